The van der Waals surface area contributed by atoms with Crippen LogP contribution in [0.3, 0.4) is 0 Å². The Morgan fingerprint density at radius 2 is 1.94 bits per heavy atom. The van der Waals surface area contributed by atoms with Crippen LogP contribution in [0, 0.1) is 24.0 Å². The first-order valence-corrected chi connectivity index (χ1v) is 11.0. The number of esters is 1. The van der Waals surface area contributed by atoms with Gasteiger partial charge in [0, 0.05) is 44.9 Å². The number of hydrazone groups is 1. The molecule has 4 rings (SSSR count). The lowest BCUT2D eigenvalue weighted by atomic mass is 10.2. The largest absolute Gasteiger partial charge is 0.465 e. The molecule has 0 atom stereocenters. The number of rotatable bonds is 6. The molecular formula is C24H20N4O5S. The van der Waals surface area contributed by atoms with Crippen molar-refractivity contribution in [3.8, 4) is 5.69 Å². The fraction of sp³-hybridized carbons (Fsp3) is 0.125. The van der Waals surface area contributed by atoms with Crippen molar-refractivity contribution in [2.45, 2.75) is 13.8 Å². The standard InChI is InChI=1S/C24H20N4O5S/c1-14-9-18(15(2)27(14)19-6-4-5-16(10-19)24(30)33-3)13-25-26-23(29)22-12-17-11-20(28(31)32)7-8-21(17)34-22/h4-13H,1-3H3,(H,26,29). The predicted octanol–water partition coefficient (Wildman–Crippen LogP) is 4.77. The lowest BCUT2D eigenvalue weighted by Crippen LogP contribution is -2.16. The van der Waals surface area contributed by atoms with Gasteiger partial charge < -0.3 is 9.30 Å². The third-order valence-electron chi connectivity index (χ3n) is 5.30. The van der Waals surface area contributed by atoms with Crippen LogP contribution < -0.4 is 5.43 Å². The quantitative estimate of drug-likeness (QED) is 0.186. The third kappa shape index (κ3) is 4.44. The van der Waals surface area contributed by atoms with Gasteiger partial charge in [-0.3, -0.25) is 14.9 Å². The number of nitro benzene ring substituents is 1. The molecule has 0 unspecified atom stereocenters. The molecule has 0 aliphatic rings. The van der Waals surface area contributed by atoms with Crippen molar-refractivity contribution in [3.05, 3.63) is 92.1 Å². The summed E-state index contributed by atoms with van der Waals surface area (Å²) in [6.45, 7) is 3.85. The summed E-state index contributed by atoms with van der Waals surface area (Å²) in [5, 5.41) is 15.7. The van der Waals surface area contributed by atoms with Crippen LogP contribution >= 0.6 is 11.3 Å². The van der Waals surface area contributed by atoms with Crippen LogP contribution in [-0.2, 0) is 4.74 Å². The Morgan fingerprint density at radius 1 is 1.15 bits per heavy atom. The van der Waals surface area contributed by atoms with Crippen LogP contribution in [0.1, 0.15) is 37.0 Å². The van der Waals surface area contributed by atoms with Crippen LogP contribution in [0.4, 0.5) is 5.69 Å². The molecule has 4 aromatic rings. The lowest BCUT2D eigenvalue weighted by Gasteiger charge is -2.10. The van der Waals surface area contributed by atoms with Crippen molar-refractivity contribution in [3.63, 3.8) is 0 Å². The van der Waals surface area contributed by atoms with Crippen molar-refractivity contribution >= 4 is 45.2 Å². The monoisotopic (exact) mass is 476 g/mol. The molecule has 10 heteroatoms. The smallest absolute Gasteiger partial charge is 0.337 e. The van der Waals surface area contributed by atoms with Gasteiger partial charge in [-0.05, 0) is 50.2 Å². The number of hydrogen-bond acceptors (Lipinski definition) is 7. The van der Waals surface area contributed by atoms with Gasteiger partial charge in [0.15, 0.2) is 0 Å². The first kappa shape index (κ1) is 22.9. The highest BCUT2D eigenvalue weighted by Gasteiger charge is 2.14. The van der Waals surface area contributed by atoms with E-state index in [1.54, 1.807) is 36.5 Å². The van der Waals surface area contributed by atoms with E-state index in [1.165, 1.54) is 30.6 Å². The van der Waals surface area contributed by atoms with Gasteiger partial charge in [-0.15, -0.1) is 11.3 Å². The van der Waals surface area contributed by atoms with Crippen LogP contribution in [0.25, 0.3) is 15.8 Å². The fourth-order valence-electron chi connectivity index (χ4n) is 3.68. The number of carbonyl (C=O) groups excluding carboxylic acids is 2. The number of carbonyl (C=O) groups is 2. The molecule has 0 aliphatic carbocycles. The van der Waals surface area contributed by atoms with E-state index in [1.807, 2.05) is 30.5 Å². The Bertz CT molecular complexity index is 1470. The van der Waals surface area contributed by atoms with Gasteiger partial charge in [-0.2, -0.15) is 5.10 Å². The number of benzene rings is 2. The molecule has 1 amide bonds. The summed E-state index contributed by atoms with van der Waals surface area (Å²) < 4.78 is 7.56. The summed E-state index contributed by atoms with van der Waals surface area (Å²) in [5.74, 6) is -0.815. The number of nitro groups is 1. The minimum Gasteiger partial charge on any atom is -0.465 e. The number of nitrogens with one attached hydrogen (secondary N) is 1. The molecule has 2 aromatic carbocycles. The molecule has 0 saturated carbocycles. The van der Waals surface area contributed by atoms with E-state index in [9.17, 15) is 19.7 Å². The van der Waals surface area contributed by atoms with E-state index in [4.69, 9.17) is 4.74 Å². The molecule has 2 aromatic heterocycles. The molecule has 9 nitrogen and oxygen atoms in total. The maximum absolute atomic E-state index is 12.5. The second-order valence-electron chi connectivity index (χ2n) is 7.49. The number of hydrogen-bond donors (Lipinski definition) is 1. The number of aromatic nitrogens is 1. The molecule has 34 heavy (non-hydrogen) atoms. The topological polar surface area (TPSA) is 116 Å². The highest BCUT2D eigenvalue weighted by Crippen LogP contribution is 2.29. The number of aryl methyl sites for hydroxylation is 1. The summed E-state index contributed by atoms with van der Waals surface area (Å²) in [5.41, 5.74) is 6.35. The lowest BCUT2D eigenvalue weighted by molar-refractivity contribution is -0.384. The molecule has 172 valence electrons. The summed E-state index contributed by atoms with van der Waals surface area (Å²) in [6, 6.07) is 15.1. The van der Waals surface area contributed by atoms with E-state index >= 15 is 0 Å². The van der Waals surface area contributed by atoms with Crippen LogP contribution in [0.15, 0.2) is 59.7 Å². The number of nitrogens with zero attached hydrogens (tertiary/aromatic N) is 3. The minimum atomic E-state index is -0.469. The van der Waals surface area contributed by atoms with Gasteiger partial charge in [0.2, 0.25) is 0 Å². The van der Waals surface area contributed by atoms with E-state index < -0.39 is 16.8 Å². The van der Waals surface area contributed by atoms with Gasteiger partial charge in [0.25, 0.3) is 11.6 Å². The molecule has 0 aliphatic heterocycles. The minimum absolute atomic E-state index is 0.0252. The normalized spacial score (nSPS) is 11.1. The summed E-state index contributed by atoms with van der Waals surface area (Å²) in [6.07, 6.45) is 1.55. The zero-order valence-electron chi connectivity index (χ0n) is 18.6. The van der Waals surface area contributed by atoms with Crippen LogP contribution in [0.5, 0.6) is 0 Å². The molecule has 0 spiro atoms. The average Bonchev–Trinajstić information content (AvgIpc) is 3.38. The SMILES string of the molecule is COC(=O)c1cccc(-n2c(C)cc(C=NNC(=O)c3cc4cc([N+](=O)[O-])ccc4s3)c2C)c1. The van der Waals surface area contributed by atoms with Gasteiger partial charge >= 0.3 is 5.97 Å². The molecule has 0 fully saturated rings. The Kier molecular flexibility index (Phi) is 6.24. The van der Waals surface area contributed by atoms with Gasteiger partial charge in [0.1, 0.15) is 0 Å². The van der Waals surface area contributed by atoms with E-state index in [0.29, 0.717) is 15.8 Å². The van der Waals surface area contributed by atoms with E-state index in [0.717, 1.165) is 27.3 Å². The zero-order valence-corrected chi connectivity index (χ0v) is 19.4. The number of methoxy groups -OCH3 is 1. The average molecular weight is 477 g/mol. The van der Waals surface area contributed by atoms with Gasteiger partial charge in [-0.25, -0.2) is 10.2 Å². The highest BCUT2D eigenvalue weighted by molar-refractivity contribution is 7.20. The Hall–Kier alpha value is -4.31. The van der Waals surface area contributed by atoms with Crippen molar-refractivity contribution in [1.29, 1.82) is 0 Å². The van der Waals surface area contributed by atoms with Crippen molar-refractivity contribution < 1.29 is 19.2 Å². The number of amides is 1. The van der Waals surface area contributed by atoms with Crippen molar-refractivity contribution in [2.24, 2.45) is 5.10 Å². The Morgan fingerprint density at radius 3 is 2.68 bits per heavy atom. The fourth-order valence-corrected chi connectivity index (χ4v) is 4.61. The number of ether oxygens (including phenoxy) is 1. The summed E-state index contributed by atoms with van der Waals surface area (Å²) >= 11 is 1.23. The first-order valence-electron chi connectivity index (χ1n) is 10.2. The van der Waals surface area contributed by atoms with E-state index in [-0.39, 0.29) is 5.69 Å². The maximum atomic E-state index is 12.5. The van der Waals surface area contributed by atoms with Crippen LogP contribution in [-0.4, -0.2) is 34.7 Å². The summed E-state index contributed by atoms with van der Waals surface area (Å²) in [7, 11) is 1.34. The second-order valence-corrected chi connectivity index (χ2v) is 8.58. The predicted molar refractivity (Wildman–Crippen MR) is 130 cm³/mol. The highest BCUT2D eigenvalue weighted by atomic mass is 32.1. The molecule has 0 radical (unpaired) electrons. The number of non-ortho nitro benzene ring substituents is 1. The van der Waals surface area contributed by atoms with E-state index in [2.05, 4.69) is 10.5 Å². The van der Waals surface area contributed by atoms with Crippen molar-refractivity contribution in [1.82, 2.24) is 9.99 Å². The first-order chi connectivity index (χ1) is 16.3. The molecule has 0 bridgehead atoms. The molecular weight excluding hydrogens is 456 g/mol. The maximum Gasteiger partial charge on any atom is 0.337 e. The number of thiophene rings is 1. The third-order valence-corrected chi connectivity index (χ3v) is 6.41. The molecule has 2 heterocycles. The summed E-state index contributed by atoms with van der Waals surface area (Å²) in [4.78, 5) is 35.3. The zero-order chi connectivity index (χ0) is 24.4. The van der Waals surface area contributed by atoms with Crippen molar-refractivity contribution in [2.75, 3.05) is 7.11 Å². The molecule has 1 N–H and O–H groups in total. The number of fused-ring (bicyclic) bond motifs is 1. The Balaban J connectivity index is 1.53. The van der Waals surface area contributed by atoms with Crippen LogP contribution in [0.2, 0.25) is 0 Å². The van der Waals surface area contributed by atoms with Gasteiger partial charge in [0.05, 0.1) is 28.7 Å². The Labute approximate surface area is 198 Å². The second kappa shape index (κ2) is 9.28. The van der Waals surface area contributed by atoms with Gasteiger partial charge in [-0.1, -0.05) is 6.07 Å². The molecule has 0 saturated heterocycles.